The van der Waals surface area contributed by atoms with Crippen molar-refractivity contribution < 1.29 is 4.79 Å². The van der Waals surface area contributed by atoms with Crippen molar-refractivity contribution >= 4 is 11.7 Å². The highest BCUT2D eigenvalue weighted by Gasteiger charge is 2.19. The molecule has 0 spiro atoms. The lowest BCUT2D eigenvalue weighted by atomic mass is 10.1. The first-order chi connectivity index (χ1) is 11.3. The molecule has 0 radical (unpaired) electrons. The Bertz CT molecular complexity index is 481. The summed E-state index contributed by atoms with van der Waals surface area (Å²) in [4.78, 5) is 21.1. The number of aromatic nitrogens is 1. The van der Waals surface area contributed by atoms with Gasteiger partial charge in [0.1, 0.15) is 5.82 Å². The molecular formula is C17H27N5O. The number of pyridine rings is 1. The molecule has 6 nitrogen and oxygen atoms in total. The fraction of sp³-hybridized carbons (Fsp3) is 0.647. The molecule has 1 aromatic heterocycles. The minimum atomic E-state index is 0.186. The summed E-state index contributed by atoms with van der Waals surface area (Å²) in [6.07, 6.45) is 4.69. The lowest BCUT2D eigenvalue weighted by molar-refractivity contribution is -0.122. The van der Waals surface area contributed by atoms with E-state index in [0.717, 1.165) is 64.5 Å². The van der Waals surface area contributed by atoms with Gasteiger partial charge in [-0.1, -0.05) is 6.07 Å². The van der Waals surface area contributed by atoms with Crippen LogP contribution in [0.3, 0.4) is 0 Å². The highest BCUT2D eigenvalue weighted by molar-refractivity contribution is 5.76. The molecule has 23 heavy (non-hydrogen) atoms. The molecule has 0 aliphatic carbocycles. The highest BCUT2D eigenvalue weighted by Crippen LogP contribution is 2.12. The van der Waals surface area contributed by atoms with Gasteiger partial charge in [0.25, 0.3) is 0 Å². The summed E-state index contributed by atoms with van der Waals surface area (Å²) in [7, 11) is 0. The van der Waals surface area contributed by atoms with Gasteiger partial charge in [0.15, 0.2) is 0 Å². The van der Waals surface area contributed by atoms with Crippen LogP contribution >= 0.6 is 0 Å². The third-order valence-corrected chi connectivity index (χ3v) is 4.66. The van der Waals surface area contributed by atoms with E-state index in [1.807, 2.05) is 18.3 Å². The van der Waals surface area contributed by atoms with Crippen LogP contribution in [0.1, 0.15) is 19.3 Å². The zero-order valence-corrected chi connectivity index (χ0v) is 13.7. The molecule has 0 bridgehead atoms. The first kappa shape index (κ1) is 16.2. The number of nitrogens with zero attached hydrogens (tertiary/aromatic N) is 3. The second-order valence-corrected chi connectivity index (χ2v) is 6.38. The van der Waals surface area contributed by atoms with Crippen LogP contribution in [0.2, 0.25) is 0 Å². The average molecular weight is 317 g/mol. The maximum Gasteiger partial charge on any atom is 0.221 e. The molecule has 0 aromatic carbocycles. The van der Waals surface area contributed by atoms with Gasteiger partial charge in [-0.3, -0.25) is 9.69 Å². The van der Waals surface area contributed by atoms with Gasteiger partial charge in [-0.15, -0.1) is 0 Å². The number of rotatable bonds is 5. The molecule has 2 N–H and O–H groups in total. The summed E-state index contributed by atoms with van der Waals surface area (Å²) in [5.74, 6) is 1.24. The molecule has 3 heterocycles. The number of piperazine rings is 1. The van der Waals surface area contributed by atoms with Crippen molar-refractivity contribution in [3.8, 4) is 0 Å². The number of carbonyl (C=O) groups excluding carboxylic acids is 1. The van der Waals surface area contributed by atoms with Gasteiger partial charge < -0.3 is 15.5 Å². The fourth-order valence-electron chi connectivity index (χ4n) is 3.28. The Hall–Kier alpha value is -1.66. The standard InChI is InChI=1S/C17H27N5O/c23-17(20-15-4-3-7-18-14-15)6-9-21-10-12-22(13-11-21)16-5-1-2-8-19-16/h1-2,5,8,15,18H,3-4,6-7,9-14H2,(H,20,23)/t15-/m0/s1. The van der Waals surface area contributed by atoms with Gasteiger partial charge in [0, 0.05) is 57.9 Å². The van der Waals surface area contributed by atoms with Crippen molar-refractivity contribution in [3.05, 3.63) is 24.4 Å². The molecular weight excluding hydrogens is 290 g/mol. The van der Waals surface area contributed by atoms with Crippen LogP contribution in [0, 0.1) is 0 Å². The van der Waals surface area contributed by atoms with E-state index in [1.54, 1.807) is 0 Å². The van der Waals surface area contributed by atoms with Gasteiger partial charge in [-0.25, -0.2) is 4.98 Å². The number of amides is 1. The fourth-order valence-corrected chi connectivity index (χ4v) is 3.28. The van der Waals surface area contributed by atoms with Crippen molar-refractivity contribution in [3.63, 3.8) is 0 Å². The summed E-state index contributed by atoms with van der Waals surface area (Å²) in [5.41, 5.74) is 0. The van der Waals surface area contributed by atoms with E-state index in [9.17, 15) is 4.79 Å². The zero-order chi connectivity index (χ0) is 15.9. The molecule has 2 fully saturated rings. The van der Waals surface area contributed by atoms with Crippen LogP contribution in [0.4, 0.5) is 5.82 Å². The van der Waals surface area contributed by atoms with Crippen molar-refractivity contribution in [2.24, 2.45) is 0 Å². The van der Waals surface area contributed by atoms with E-state index in [0.29, 0.717) is 12.5 Å². The van der Waals surface area contributed by atoms with Crippen LogP contribution in [0.25, 0.3) is 0 Å². The molecule has 1 amide bonds. The summed E-state index contributed by atoms with van der Waals surface area (Å²) < 4.78 is 0. The van der Waals surface area contributed by atoms with E-state index >= 15 is 0 Å². The van der Waals surface area contributed by atoms with Crippen molar-refractivity contribution in [1.82, 2.24) is 20.5 Å². The Balaban J connectivity index is 1.35. The number of hydrogen-bond acceptors (Lipinski definition) is 5. The van der Waals surface area contributed by atoms with Crippen LogP contribution in [-0.4, -0.2) is 67.6 Å². The Morgan fingerprint density at radius 1 is 1.30 bits per heavy atom. The maximum absolute atomic E-state index is 12.1. The van der Waals surface area contributed by atoms with Gasteiger partial charge in [-0.2, -0.15) is 0 Å². The zero-order valence-electron chi connectivity index (χ0n) is 13.7. The minimum absolute atomic E-state index is 0.186. The van der Waals surface area contributed by atoms with Crippen LogP contribution < -0.4 is 15.5 Å². The monoisotopic (exact) mass is 317 g/mol. The molecule has 1 atom stereocenters. The van der Waals surface area contributed by atoms with E-state index in [-0.39, 0.29) is 5.91 Å². The predicted molar refractivity (Wildman–Crippen MR) is 91.5 cm³/mol. The first-order valence-electron chi connectivity index (χ1n) is 8.70. The average Bonchev–Trinajstić information content (AvgIpc) is 2.62. The lowest BCUT2D eigenvalue weighted by Crippen LogP contribution is -2.49. The molecule has 0 unspecified atom stereocenters. The minimum Gasteiger partial charge on any atom is -0.354 e. The van der Waals surface area contributed by atoms with Crippen molar-refractivity contribution in [2.45, 2.75) is 25.3 Å². The normalized spacial score (nSPS) is 22.8. The van der Waals surface area contributed by atoms with Gasteiger partial charge >= 0.3 is 0 Å². The van der Waals surface area contributed by atoms with E-state index in [2.05, 4.69) is 31.5 Å². The van der Waals surface area contributed by atoms with Crippen LogP contribution in [0.5, 0.6) is 0 Å². The summed E-state index contributed by atoms with van der Waals surface area (Å²) in [6, 6.07) is 6.35. The van der Waals surface area contributed by atoms with Gasteiger partial charge in [0.05, 0.1) is 0 Å². The Morgan fingerprint density at radius 2 is 2.17 bits per heavy atom. The smallest absolute Gasteiger partial charge is 0.221 e. The second kappa shape index (κ2) is 8.26. The number of nitrogens with one attached hydrogen (secondary N) is 2. The third kappa shape index (κ3) is 4.91. The lowest BCUT2D eigenvalue weighted by Gasteiger charge is -2.35. The summed E-state index contributed by atoms with van der Waals surface area (Å²) in [5, 5.41) is 6.47. The highest BCUT2D eigenvalue weighted by atomic mass is 16.1. The largest absolute Gasteiger partial charge is 0.354 e. The Morgan fingerprint density at radius 3 is 2.87 bits per heavy atom. The molecule has 6 heteroatoms. The number of hydrogen-bond donors (Lipinski definition) is 2. The van der Waals surface area contributed by atoms with Crippen molar-refractivity contribution in [2.75, 3.05) is 50.7 Å². The summed E-state index contributed by atoms with van der Waals surface area (Å²) >= 11 is 0. The van der Waals surface area contributed by atoms with E-state index in [1.165, 1.54) is 0 Å². The molecule has 2 aliphatic heterocycles. The first-order valence-corrected chi connectivity index (χ1v) is 8.70. The topological polar surface area (TPSA) is 60.5 Å². The molecule has 126 valence electrons. The SMILES string of the molecule is O=C(CCN1CCN(c2ccccn2)CC1)N[C@H]1CCCNC1. The van der Waals surface area contributed by atoms with Crippen molar-refractivity contribution in [1.29, 1.82) is 0 Å². The Labute approximate surface area is 138 Å². The van der Waals surface area contributed by atoms with E-state index in [4.69, 9.17) is 0 Å². The van der Waals surface area contributed by atoms with E-state index < -0.39 is 0 Å². The molecule has 0 saturated carbocycles. The van der Waals surface area contributed by atoms with Crippen LogP contribution in [-0.2, 0) is 4.79 Å². The number of carbonyl (C=O) groups is 1. The summed E-state index contributed by atoms with van der Waals surface area (Å²) in [6.45, 7) is 6.78. The number of anilines is 1. The van der Waals surface area contributed by atoms with Gasteiger partial charge in [-0.05, 0) is 31.5 Å². The second-order valence-electron chi connectivity index (χ2n) is 6.38. The third-order valence-electron chi connectivity index (χ3n) is 4.66. The quantitative estimate of drug-likeness (QED) is 0.826. The maximum atomic E-state index is 12.1. The molecule has 1 aromatic rings. The molecule has 3 rings (SSSR count). The molecule has 2 aliphatic rings. The van der Waals surface area contributed by atoms with Crippen LogP contribution in [0.15, 0.2) is 24.4 Å². The number of piperidine rings is 1. The Kier molecular flexibility index (Phi) is 5.82. The predicted octanol–water partition coefficient (Wildman–Crippen LogP) is 0.462. The molecule has 2 saturated heterocycles. The van der Waals surface area contributed by atoms with Gasteiger partial charge in [0.2, 0.25) is 5.91 Å².